The lowest BCUT2D eigenvalue weighted by atomic mass is 10.1. The van der Waals surface area contributed by atoms with E-state index in [1.165, 1.54) is 12.1 Å². The van der Waals surface area contributed by atoms with Gasteiger partial charge in [0.2, 0.25) is 11.8 Å². The molecule has 3 aromatic rings. The smallest absolute Gasteiger partial charge is 0.227 e. The lowest BCUT2D eigenvalue weighted by Crippen LogP contribution is -2.39. The molecule has 1 saturated heterocycles. The number of carbonyl (C=O) groups excluding carboxylic acids is 1. The topological polar surface area (TPSA) is 56.6 Å². The van der Waals surface area contributed by atoms with Crippen LogP contribution in [0.15, 0.2) is 48.5 Å². The van der Waals surface area contributed by atoms with Gasteiger partial charge in [-0.25, -0.2) is 9.07 Å². The van der Waals surface area contributed by atoms with Gasteiger partial charge < -0.3 is 14.4 Å². The molecule has 2 aromatic carbocycles. The third-order valence-corrected chi connectivity index (χ3v) is 6.07. The summed E-state index contributed by atoms with van der Waals surface area (Å²) in [6.07, 6.45) is 1.94. The van der Waals surface area contributed by atoms with Gasteiger partial charge in [-0.15, -0.1) is 0 Å². The number of ether oxygens (including phenoxy) is 2. The number of nitrogens with zero attached hydrogens (tertiary/aromatic N) is 3. The summed E-state index contributed by atoms with van der Waals surface area (Å²) < 4.78 is 27.6. The third kappa shape index (κ3) is 5.59. The Kier molecular flexibility index (Phi) is 7.54. The molecule has 180 valence electrons. The lowest BCUT2D eigenvalue weighted by Gasteiger charge is -2.27. The molecule has 1 aliphatic rings. The van der Waals surface area contributed by atoms with E-state index in [9.17, 15) is 9.18 Å². The maximum atomic E-state index is 13.9. The van der Waals surface area contributed by atoms with Crippen LogP contribution in [0.25, 0.3) is 5.69 Å². The van der Waals surface area contributed by atoms with E-state index in [1.54, 1.807) is 28.9 Å². The van der Waals surface area contributed by atoms with E-state index in [-0.39, 0.29) is 17.9 Å². The Morgan fingerprint density at radius 3 is 2.71 bits per heavy atom. The number of aromatic nitrogens is 2. The van der Waals surface area contributed by atoms with E-state index in [1.807, 2.05) is 37.8 Å². The molecule has 1 amide bonds. The predicted octanol–water partition coefficient (Wildman–Crippen LogP) is 5.93. The van der Waals surface area contributed by atoms with Gasteiger partial charge in [-0.3, -0.25) is 4.79 Å². The molecule has 4 rings (SSSR count). The molecule has 2 heterocycles. The maximum absolute atomic E-state index is 13.9. The van der Waals surface area contributed by atoms with Gasteiger partial charge in [0, 0.05) is 30.2 Å². The first-order valence-corrected chi connectivity index (χ1v) is 11.9. The van der Waals surface area contributed by atoms with Gasteiger partial charge in [0.1, 0.15) is 11.6 Å². The SMILES string of the molecule is Cc1nn(-c2ccc(Cl)cc2)c(Oc2cccc(F)c2)c1CN(C[C@H]1CCCO1)C(=O)C(C)C. The summed E-state index contributed by atoms with van der Waals surface area (Å²) in [5, 5.41) is 5.31. The Labute approximate surface area is 204 Å². The van der Waals surface area contributed by atoms with Crippen molar-refractivity contribution in [2.75, 3.05) is 13.2 Å². The molecular formula is C26H29ClFN3O3. The van der Waals surface area contributed by atoms with E-state index >= 15 is 0 Å². The minimum absolute atomic E-state index is 0.0157. The molecule has 0 aliphatic carbocycles. The van der Waals surface area contributed by atoms with Crippen LogP contribution in [-0.4, -0.2) is 39.8 Å². The van der Waals surface area contributed by atoms with Crippen LogP contribution in [0, 0.1) is 18.7 Å². The Bertz CT molecular complexity index is 1140. The van der Waals surface area contributed by atoms with Crippen LogP contribution >= 0.6 is 11.6 Å². The van der Waals surface area contributed by atoms with Crippen LogP contribution in [0.2, 0.25) is 5.02 Å². The van der Waals surface area contributed by atoms with Crippen LogP contribution in [0.4, 0.5) is 4.39 Å². The normalized spacial score (nSPS) is 15.6. The molecule has 0 bridgehead atoms. The second-order valence-electron chi connectivity index (χ2n) is 8.83. The van der Waals surface area contributed by atoms with Crippen molar-refractivity contribution in [2.45, 2.75) is 46.3 Å². The van der Waals surface area contributed by atoms with Gasteiger partial charge in [0.25, 0.3) is 0 Å². The van der Waals surface area contributed by atoms with Crippen molar-refractivity contribution >= 4 is 17.5 Å². The van der Waals surface area contributed by atoms with Gasteiger partial charge >= 0.3 is 0 Å². The highest BCUT2D eigenvalue weighted by Gasteiger charge is 2.28. The summed E-state index contributed by atoms with van der Waals surface area (Å²) in [5.41, 5.74) is 2.22. The summed E-state index contributed by atoms with van der Waals surface area (Å²) in [7, 11) is 0. The van der Waals surface area contributed by atoms with Crippen molar-refractivity contribution < 1.29 is 18.7 Å². The fraction of sp³-hybridized carbons (Fsp3) is 0.385. The first-order chi connectivity index (χ1) is 16.3. The Morgan fingerprint density at radius 1 is 1.29 bits per heavy atom. The maximum Gasteiger partial charge on any atom is 0.227 e. The largest absolute Gasteiger partial charge is 0.438 e. The Balaban J connectivity index is 1.74. The van der Waals surface area contributed by atoms with Gasteiger partial charge in [-0.2, -0.15) is 5.10 Å². The molecule has 1 aliphatic heterocycles. The Hall–Kier alpha value is -2.90. The molecule has 0 N–H and O–H groups in total. The van der Waals surface area contributed by atoms with E-state index in [2.05, 4.69) is 0 Å². The van der Waals surface area contributed by atoms with Crippen molar-refractivity contribution in [3.63, 3.8) is 0 Å². The zero-order valence-electron chi connectivity index (χ0n) is 19.6. The van der Waals surface area contributed by atoms with Gasteiger partial charge in [0.15, 0.2) is 0 Å². The average molecular weight is 486 g/mol. The molecule has 6 nitrogen and oxygen atoms in total. The third-order valence-electron chi connectivity index (χ3n) is 5.82. The molecule has 0 saturated carbocycles. The number of hydrogen-bond donors (Lipinski definition) is 0. The molecule has 0 spiro atoms. The summed E-state index contributed by atoms with van der Waals surface area (Å²) in [6, 6.07) is 13.2. The van der Waals surface area contributed by atoms with E-state index < -0.39 is 5.82 Å². The van der Waals surface area contributed by atoms with Crippen LogP contribution in [0.5, 0.6) is 11.6 Å². The summed E-state index contributed by atoms with van der Waals surface area (Å²) >= 11 is 6.08. The fourth-order valence-corrected chi connectivity index (χ4v) is 4.17. The number of aryl methyl sites for hydroxylation is 1. The summed E-state index contributed by atoms with van der Waals surface area (Å²) in [5.74, 6) is 0.242. The second-order valence-corrected chi connectivity index (χ2v) is 9.26. The molecular weight excluding hydrogens is 457 g/mol. The fourth-order valence-electron chi connectivity index (χ4n) is 4.05. The van der Waals surface area contributed by atoms with Crippen molar-refractivity contribution in [3.05, 3.63) is 70.6 Å². The number of carbonyl (C=O) groups is 1. The highest BCUT2D eigenvalue weighted by atomic mass is 35.5. The number of amides is 1. The number of halogens is 2. The minimum atomic E-state index is -0.400. The first kappa shape index (κ1) is 24.2. The average Bonchev–Trinajstić information content (AvgIpc) is 3.42. The Morgan fingerprint density at radius 2 is 2.06 bits per heavy atom. The minimum Gasteiger partial charge on any atom is -0.438 e. The highest BCUT2D eigenvalue weighted by molar-refractivity contribution is 6.30. The summed E-state index contributed by atoms with van der Waals surface area (Å²) in [4.78, 5) is 14.9. The number of benzene rings is 2. The number of rotatable bonds is 8. The van der Waals surface area contributed by atoms with Crippen LogP contribution in [0.3, 0.4) is 0 Å². The molecule has 34 heavy (non-hydrogen) atoms. The van der Waals surface area contributed by atoms with Crippen molar-refractivity contribution in [2.24, 2.45) is 5.92 Å². The van der Waals surface area contributed by atoms with E-state index in [0.29, 0.717) is 29.7 Å². The second kappa shape index (κ2) is 10.6. The highest BCUT2D eigenvalue weighted by Crippen LogP contribution is 2.33. The van der Waals surface area contributed by atoms with Crippen molar-refractivity contribution in [3.8, 4) is 17.3 Å². The van der Waals surface area contributed by atoms with Crippen LogP contribution in [0.1, 0.15) is 37.9 Å². The van der Waals surface area contributed by atoms with Crippen LogP contribution < -0.4 is 4.74 Å². The summed E-state index contributed by atoms with van der Waals surface area (Å²) in [6.45, 7) is 7.18. The molecule has 8 heteroatoms. The zero-order chi connectivity index (χ0) is 24.2. The van der Waals surface area contributed by atoms with Gasteiger partial charge in [-0.05, 0) is 56.2 Å². The van der Waals surface area contributed by atoms with E-state index in [0.717, 1.165) is 36.4 Å². The van der Waals surface area contributed by atoms with Crippen LogP contribution in [-0.2, 0) is 16.1 Å². The van der Waals surface area contributed by atoms with Crippen molar-refractivity contribution in [1.82, 2.24) is 14.7 Å². The number of hydrogen-bond acceptors (Lipinski definition) is 4. The quantitative estimate of drug-likeness (QED) is 0.397. The molecule has 1 fully saturated rings. The lowest BCUT2D eigenvalue weighted by molar-refractivity contribution is -0.136. The molecule has 1 aromatic heterocycles. The van der Waals surface area contributed by atoms with Gasteiger partial charge in [-0.1, -0.05) is 31.5 Å². The first-order valence-electron chi connectivity index (χ1n) is 11.5. The standard InChI is InChI=1S/C26H29ClFN3O3/c1-17(2)25(32)30(15-23-8-5-13-33-23)16-24-18(3)29-31(21-11-9-19(27)10-12-21)26(24)34-22-7-4-6-20(28)14-22/h4,6-7,9-12,14,17,23H,5,8,13,15-16H2,1-3H3/t23-/m1/s1. The monoisotopic (exact) mass is 485 g/mol. The molecule has 0 radical (unpaired) electrons. The molecule has 0 unspecified atom stereocenters. The molecule has 1 atom stereocenters. The van der Waals surface area contributed by atoms with Gasteiger partial charge in [0.05, 0.1) is 29.6 Å². The van der Waals surface area contributed by atoms with E-state index in [4.69, 9.17) is 26.2 Å². The van der Waals surface area contributed by atoms with Crippen molar-refractivity contribution in [1.29, 1.82) is 0 Å². The predicted molar refractivity (Wildman–Crippen MR) is 129 cm³/mol. The zero-order valence-corrected chi connectivity index (χ0v) is 20.4.